The van der Waals surface area contributed by atoms with E-state index in [0.717, 1.165) is 23.9 Å². The summed E-state index contributed by atoms with van der Waals surface area (Å²) in [6.45, 7) is 0.722. The summed E-state index contributed by atoms with van der Waals surface area (Å²) in [5, 5.41) is 3.27. The van der Waals surface area contributed by atoms with Crippen LogP contribution in [0.1, 0.15) is 31.2 Å². The maximum absolute atomic E-state index is 4.59. The summed E-state index contributed by atoms with van der Waals surface area (Å²) in [7, 11) is 0. The Hall–Kier alpha value is -2.69. The van der Waals surface area contributed by atoms with Gasteiger partial charge in [-0.15, -0.1) is 0 Å². The van der Waals surface area contributed by atoms with Crippen LogP contribution in [0.4, 0.5) is 5.95 Å². The highest BCUT2D eigenvalue weighted by Gasteiger charge is 2.55. The van der Waals surface area contributed by atoms with Crippen LogP contribution in [-0.4, -0.2) is 19.5 Å². The third-order valence-corrected chi connectivity index (χ3v) is 5.42. The molecule has 2 saturated carbocycles. The highest BCUT2D eigenvalue weighted by Crippen LogP contribution is 2.60. The quantitative estimate of drug-likeness (QED) is 0.745. The van der Waals surface area contributed by atoms with E-state index in [1.807, 2.05) is 36.8 Å². The smallest absolute Gasteiger partial charge is 0.222 e. The average molecular weight is 331 g/mol. The van der Waals surface area contributed by atoms with E-state index in [1.54, 1.807) is 0 Å². The molecule has 1 N–H and O–H groups in total. The molecule has 0 amide bonds. The first-order chi connectivity index (χ1) is 12.4. The van der Waals surface area contributed by atoms with E-state index in [9.17, 15) is 0 Å². The maximum atomic E-state index is 4.59. The van der Waals surface area contributed by atoms with E-state index >= 15 is 0 Å². The molecule has 5 nitrogen and oxygen atoms in total. The van der Waals surface area contributed by atoms with Gasteiger partial charge in [0.15, 0.2) is 0 Å². The van der Waals surface area contributed by atoms with Gasteiger partial charge in [0.1, 0.15) is 5.82 Å². The molecule has 0 spiro atoms. The Kier molecular flexibility index (Phi) is 3.33. The van der Waals surface area contributed by atoms with Crippen LogP contribution in [0, 0.1) is 5.92 Å². The predicted octanol–water partition coefficient (Wildman–Crippen LogP) is 3.85. The molecule has 3 aromatic rings. The van der Waals surface area contributed by atoms with E-state index in [1.165, 1.54) is 31.2 Å². The Balaban J connectivity index is 1.34. The molecule has 25 heavy (non-hydrogen) atoms. The first-order valence-corrected chi connectivity index (χ1v) is 8.99. The molecule has 1 aromatic carbocycles. The summed E-state index contributed by atoms with van der Waals surface area (Å²) in [6, 6.07) is 10.3. The van der Waals surface area contributed by atoms with Crippen LogP contribution in [0.2, 0.25) is 0 Å². The van der Waals surface area contributed by atoms with Crippen molar-refractivity contribution in [2.75, 3.05) is 5.32 Å². The molecule has 2 heterocycles. The molecular formula is C20H21N5. The zero-order chi connectivity index (χ0) is 16.7. The lowest BCUT2D eigenvalue weighted by atomic mass is 10.1. The molecule has 0 aliphatic heterocycles. The van der Waals surface area contributed by atoms with Gasteiger partial charge < -0.3 is 9.88 Å². The van der Waals surface area contributed by atoms with Crippen LogP contribution in [0.5, 0.6) is 0 Å². The molecule has 0 saturated heterocycles. The van der Waals surface area contributed by atoms with Crippen LogP contribution >= 0.6 is 0 Å². The number of benzene rings is 1. The lowest BCUT2D eigenvalue weighted by molar-refractivity contribution is 0.425. The SMILES string of the molecule is c1ccc(CNc2ncc(-c3nccn3C3(C4CC4)CC3)cn2)cc1. The topological polar surface area (TPSA) is 55.6 Å². The Bertz CT molecular complexity index is 861. The second-order valence-electron chi connectivity index (χ2n) is 7.13. The van der Waals surface area contributed by atoms with E-state index in [2.05, 4.69) is 43.2 Å². The van der Waals surface area contributed by atoms with E-state index in [-0.39, 0.29) is 0 Å². The number of aromatic nitrogens is 4. The molecule has 0 bridgehead atoms. The molecule has 5 rings (SSSR count). The van der Waals surface area contributed by atoms with Crippen molar-refractivity contribution in [2.45, 2.75) is 37.8 Å². The molecule has 2 aliphatic carbocycles. The number of imidazole rings is 1. The van der Waals surface area contributed by atoms with Crippen molar-refractivity contribution in [3.63, 3.8) is 0 Å². The van der Waals surface area contributed by atoms with Crippen molar-refractivity contribution in [3.05, 3.63) is 60.7 Å². The molecule has 0 radical (unpaired) electrons. The molecule has 0 atom stereocenters. The molecule has 2 aliphatic rings. The molecular weight excluding hydrogens is 310 g/mol. The summed E-state index contributed by atoms with van der Waals surface area (Å²) >= 11 is 0. The molecule has 2 aromatic heterocycles. The third kappa shape index (κ3) is 2.69. The fourth-order valence-electron chi connectivity index (χ4n) is 3.78. The van der Waals surface area contributed by atoms with Gasteiger partial charge in [0, 0.05) is 36.9 Å². The maximum Gasteiger partial charge on any atom is 0.222 e. The number of nitrogens with zero attached hydrogens (tertiary/aromatic N) is 4. The Labute approximate surface area is 147 Å². The Morgan fingerprint density at radius 3 is 2.48 bits per heavy atom. The van der Waals surface area contributed by atoms with Gasteiger partial charge in [-0.3, -0.25) is 0 Å². The van der Waals surface area contributed by atoms with Crippen LogP contribution in [0.3, 0.4) is 0 Å². The number of hydrogen-bond donors (Lipinski definition) is 1. The average Bonchev–Trinajstić information content (AvgIpc) is 3.59. The summed E-state index contributed by atoms with van der Waals surface area (Å²) in [5.41, 5.74) is 2.53. The minimum absolute atomic E-state index is 0.329. The second-order valence-corrected chi connectivity index (χ2v) is 7.13. The largest absolute Gasteiger partial charge is 0.350 e. The van der Waals surface area contributed by atoms with E-state index in [0.29, 0.717) is 11.5 Å². The first-order valence-electron chi connectivity index (χ1n) is 8.99. The number of rotatable bonds is 6. The standard InChI is InChI=1S/C20H21N5/c1-2-4-15(5-3-1)12-22-19-23-13-16(14-24-19)18-21-10-11-25(18)20(8-9-20)17-6-7-17/h1-5,10-11,13-14,17H,6-9,12H2,(H,22,23,24). The Morgan fingerprint density at radius 1 is 1.04 bits per heavy atom. The van der Waals surface area contributed by atoms with Crippen molar-refractivity contribution in [1.82, 2.24) is 19.5 Å². The normalized spacial score (nSPS) is 18.1. The van der Waals surface area contributed by atoms with Gasteiger partial charge in [-0.05, 0) is 37.2 Å². The van der Waals surface area contributed by atoms with Gasteiger partial charge >= 0.3 is 0 Å². The number of hydrogen-bond acceptors (Lipinski definition) is 4. The molecule has 0 unspecified atom stereocenters. The van der Waals surface area contributed by atoms with Gasteiger partial charge in [0.2, 0.25) is 5.95 Å². The third-order valence-electron chi connectivity index (χ3n) is 5.42. The Morgan fingerprint density at radius 2 is 1.80 bits per heavy atom. The lowest BCUT2D eigenvalue weighted by Gasteiger charge is -2.19. The minimum atomic E-state index is 0.329. The molecule has 2 fully saturated rings. The number of anilines is 1. The fraction of sp³-hybridized carbons (Fsp3) is 0.350. The van der Waals surface area contributed by atoms with Gasteiger partial charge in [0.05, 0.1) is 5.56 Å². The molecule has 5 heteroatoms. The van der Waals surface area contributed by atoms with Crippen LogP contribution < -0.4 is 5.32 Å². The number of nitrogens with one attached hydrogen (secondary N) is 1. The van der Waals surface area contributed by atoms with Gasteiger partial charge in [-0.25, -0.2) is 15.0 Å². The van der Waals surface area contributed by atoms with Crippen molar-refractivity contribution >= 4 is 5.95 Å². The van der Waals surface area contributed by atoms with Crippen molar-refractivity contribution in [1.29, 1.82) is 0 Å². The monoisotopic (exact) mass is 331 g/mol. The van der Waals surface area contributed by atoms with Crippen molar-refractivity contribution in [3.8, 4) is 11.4 Å². The second kappa shape index (κ2) is 5.69. The van der Waals surface area contributed by atoms with Gasteiger partial charge in [-0.2, -0.15) is 0 Å². The minimum Gasteiger partial charge on any atom is -0.350 e. The van der Waals surface area contributed by atoms with Crippen LogP contribution in [0.25, 0.3) is 11.4 Å². The predicted molar refractivity (Wildman–Crippen MR) is 97.0 cm³/mol. The zero-order valence-electron chi connectivity index (χ0n) is 14.1. The highest BCUT2D eigenvalue weighted by molar-refractivity contribution is 5.54. The van der Waals surface area contributed by atoms with Gasteiger partial charge in [-0.1, -0.05) is 30.3 Å². The highest BCUT2D eigenvalue weighted by atomic mass is 15.2. The zero-order valence-corrected chi connectivity index (χ0v) is 14.1. The molecule has 126 valence electrons. The summed E-state index contributed by atoms with van der Waals surface area (Å²) in [5.74, 6) is 2.49. The lowest BCUT2D eigenvalue weighted by Crippen LogP contribution is -2.19. The van der Waals surface area contributed by atoms with Crippen LogP contribution in [-0.2, 0) is 12.1 Å². The van der Waals surface area contributed by atoms with E-state index < -0.39 is 0 Å². The summed E-state index contributed by atoms with van der Waals surface area (Å²) < 4.78 is 2.38. The van der Waals surface area contributed by atoms with Crippen molar-refractivity contribution in [2.24, 2.45) is 5.92 Å². The van der Waals surface area contributed by atoms with Crippen molar-refractivity contribution < 1.29 is 0 Å². The summed E-state index contributed by atoms with van der Waals surface area (Å²) in [6.07, 6.45) is 13.1. The van der Waals surface area contributed by atoms with Crippen LogP contribution in [0.15, 0.2) is 55.1 Å². The van der Waals surface area contributed by atoms with E-state index in [4.69, 9.17) is 0 Å². The first kappa shape index (κ1) is 14.6. The fourth-order valence-corrected chi connectivity index (χ4v) is 3.78. The van der Waals surface area contributed by atoms with Gasteiger partial charge in [0.25, 0.3) is 0 Å². The summed E-state index contributed by atoms with van der Waals surface area (Å²) in [4.78, 5) is 13.5.